The Balaban J connectivity index is 2.02. The van der Waals surface area contributed by atoms with E-state index >= 15 is 0 Å². The number of carboxylic acids is 1. The molecule has 19 heavy (non-hydrogen) atoms. The molecule has 0 saturated carbocycles. The highest BCUT2D eigenvalue weighted by atomic mass is 32.1. The van der Waals surface area contributed by atoms with Crippen molar-refractivity contribution in [2.75, 3.05) is 0 Å². The van der Waals surface area contributed by atoms with E-state index in [1.54, 1.807) is 11.3 Å². The molecule has 0 aromatic carbocycles. The molecule has 0 unspecified atom stereocenters. The van der Waals surface area contributed by atoms with E-state index in [4.69, 9.17) is 0 Å². The van der Waals surface area contributed by atoms with Crippen molar-refractivity contribution in [2.45, 2.75) is 39.2 Å². The summed E-state index contributed by atoms with van der Waals surface area (Å²) >= 11 is 1.68. The highest BCUT2D eigenvalue weighted by Gasteiger charge is 2.30. The van der Waals surface area contributed by atoms with E-state index in [2.05, 4.69) is 23.5 Å². The van der Waals surface area contributed by atoms with Gasteiger partial charge in [0.1, 0.15) is 0 Å². The van der Waals surface area contributed by atoms with Crippen LogP contribution in [0.15, 0.2) is 11.4 Å². The van der Waals surface area contributed by atoms with Crippen LogP contribution in [-0.2, 0) is 13.0 Å². The van der Waals surface area contributed by atoms with Gasteiger partial charge in [0.15, 0.2) is 5.69 Å². The number of thiophene rings is 1. The number of nitrogens with zero attached hydrogens (tertiary/aromatic N) is 2. The number of aromatic nitrogens is 2. The number of carboxylic acid groups (broad SMARTS) is 1. The van der Waals surface area contributed by atoms with Gasteiger partial charge < -0.3 is 5.11 Å². The second-order valence-corrected chi connectivity index (χ2v) is 5.78. The smallest absolute Gasteiger partial charge is 0.356 e. The Morgan fingerprint density at radius 3 is 3.11 bits per heavy atom. The van der Waals surface area contributed by atoms with Gasteiger partial charge in [0, 0.05) is 18.5 Å². The fourth-order valence-corrected chi connectivity index (χ4v) is 3.64. The molecule has 2 heterocycles. The van der Waals surface area contributed by atoms with E-state index < -0.39 is 5.97 Å². The number of hydrogen-bond acceptors (Lipinski definition) is 3. The molecule has 0 bridgehead atoms. The van der Waals surface area contributed by atoms with Gasteiger partial charge in [-0.3, -0.25) is 4.68 Å². The van der Waals surface area contributed by atoms with Crippen LogP contribution in [0.5, 0.6) is 0 Å². The fraction of sp³-hybridized carbons (Fsp3) is 0.429. The molecule has 0 radical (unpaired) electrons. The molecule has 100 valence electrons. The van der Waals surface area contributed by atoms with Crippen LogP contribution in [0.25, 0.3) is 10.6 Å². The monoisotopic (exact) mass is 276 g/mol. The van der Waals surface area contributed by atoms with Gasteiger partial charge in [-0.05, 0) is 23.4 Å². The second-order valence-electron chi connectivity index (χ2n) is 4.86. The van der Waals surface area contributed by atoms with E-state index in [0.717, 1.165) is 37.1 Å². The third kappa shape index (κ3) is 1.98. The summed E-state index contributed by atoms with van der Waals surface area (Å²) in [7, 11) is 0. The summed E-state index contributed by atoms with van der Waals surface area (Å²) in [6.45, 7) is 2.97. The van der Waals surface area contributed by atoms with Crippen molar-refractivity contribution in [3.63, 3.8) is 0 Å². The maximum atomic E-state index is 11.3. The Labute approximate surface area is 115 Å². The van der Waals surface area contributed by atoms with Crippen molar-refractivity contribution in [3.05, 3.63) is 28.3 Å². The Morgan fingerprint density at radius 2 is 2.37 bits per heavy atom. The standard InChI is InChI=1S/C14H16N2O2S/c1-2-3-4-6-16-12-10(11(15-16)14(17)18)8-9-5-7-19-13(9)12/h5,7H,2-4,6,8H2,1H3,(H,17,18). The molecule has 0 atom stereocenters. The molecule has 3 rings (SSSR count). The largest absolute Gasteiger partial charge is 0.476 e. The maximum absolute atomic E-state index is 11.3. The van der Waals surface area contributed by atoms with Crippen LogP contribution < -0.4 is 0 Å². The molecular weight excluding hydrogens is 260 g/mol. The van der Waals surface area contributed by atoms with E-state index in [1.165, 1.54) is 10.4 Å². The number of aromatic carboxylic acids is 1. The van der Waals surface area contributed by atoms with Gasteiger partial charge in [-0.25, -0.2) is 4.79 Å². The topological polar surface area (TPSA) is 55.1 Å². The lowest BCUT2D eigenvalue weighted by Gasteiger charge is -2.04. The quantitative estimate of drug-likeness (QED) is 0.727. The van der Waals surface area contributed by atoms with E-state index in [-0.39, 0.29) is 5.69 Å². The first-order valence-corrected chi connectivity index (χ1v) is 7.50. The van der Waals surface area contributed by atoms with Gasteiger partial charge in [-0.15, -0.1) is 11.3 Å². The van der Waals surface area contributed by atoms with Crippen molar-refractivity contribution in [3.8, 4) is 10.6 Å². The van der Waals surface area contributed by atoms with Crippen molar-refractivity contribution in [2.24, 2.45) is 0 Å². The zero-order chi connectivity index (χ0) is 13.4. The van der Waals surface area contributed by atoms with Crippen LogP contribution in [0.4, 0.5) is 0 Å². The molecule has 1 aliphatic carbocycles. The van der Waals surface area contributed by atoms with Crippen LogP contribution >= 0.6 is 11.3 Å². The molecule has 1 N–H and O–H groups in total. The SMILES string of the molecule is CCCCCn1nc(C(=O)O)c2c1-c1sccc1C2. The zero-order valence-corrected chi connectivity index (χ0v) is 11.7. The molecule has 0 fully saturated rings. The molecule has 0 amide bonds. The molecule has 0 spiro atoms. The van der Waals surface area contributed by atoms with Crippen LogP contribution in [0, 0.1) is 0 Å². The summed E-state index contributed by atoms with van der Waals surface area (Å²) in [6, 6.07) is 2.09. The van der Waals surface area contributed by atoms with Crippen LogP contribution in [0.1, 0.15) is 47.8 Å². The molecule has 4 nitrogen and oxygen atoms in total. The van der Waals surface area contributed by atoms with Crippen molar-refractivity contribution >= 4 is 17.3 Å². The molecule has 2 aromatic heterocycles. The minimum Gasteiger partial charge on any atom is -0.476 e. The van der Waals surface area contributed by atoms with Crippen molar-refractivity contribution in [1.29, 1.82) is 0 Å². The minimum atomic E-state index is -0.916. The number of rotatable bonds is 5. The number of aryl methyl sites for hydroxylation is 1. The fourth-order valence-electron chi connectivity index (χ4n) is 2.64. The van der Waals surface area contributed by atoms with E-state index in [1.807, 2.05) is 4.68 Å². The normalized spacial score (nSPS) is 12.5. The van der Waals surface area contributed by atoms with Crippen LogP contribution in [0.3, 0.4) is 0 Å². The highest BCUT2D eigenvalue weighted by molar-refractivity contribution is 7.13. The lowest BCUT2D eigenvalue weighted by Crippen LogP contribution is -2.05. The van der Waals surface area contributed by atoms with Gasteiger partial charge in [0.2, 0.25) is 0 Å². The van der Waals surface area contributed by atoms with Gasteiger partial charge in [0.05, 0.1) is 10.6 Å². The third-order valence-electron chi connectivity index (χ3n) is 3.56. The highest BCUT2D eigenvalue weighted by Crippen LogP contribution is 2.42. The van der Waals surface area contributed by atoms with Crippen molar-refractivity contribution in [1.82, 2.24) is 9.78 Å². The molecule has 0 aliphatic heterocycles. The summed E-state index contributed by atoms with van der Waals surface area (Å²) in [5, 5.41) is 15.7. The van der Waals surface area contributed by atoms with Crippen molar-refractivity contribution < 1.29 is 9.90 Å². The first-order chi connectivity index (χ1) is 9.22. The number of fused-ring (bicyclic) bond motifs is 3. The summed E-state index contributed by atoms with van der Waals surface area (Å²) in [5.41, 5.74) is 3.41. The van der Waals surface area contributed by atoms with Crippen LogP contribution in [0.2, 0.25) is 0 Å². The molecule has 5 heteroatoms. The first kappa shape index (κ1) is 12.4. The molecule has 2 aromatic rings. The summed E-state index contributed by atoms with van der Waals surface area (Å²) in [4.78, 5) is 12.5. The maximum Gasteiger partial charge on any atom is 0.356 e. The van der Waals surface area contributed by atoms with Gasteiger partial charge in [0.25, 0.3) is 0 Å². The Morgan fingerprint density at radius 1 is 1.53 bits per heavy atom. The lowest BCUT2D eigenvalue weighted by molar-refractivity contribution is 0.0688. The van der Waals surface area contributed by atoms with Gasteiger partial charge >= 0.3 is 5.97 Å². The first-order valence-electron chi connectivity index (χ1n) is 6.62. The summed E-state index contributed by atoms with van der Waals surface area (Å²) in [5.74, 6) is -0.916. The molecule has 1 aliphatic rings. The second kappa shape index (κ2) is 4.81. The average Bonchev–Trinajstić information content (AvgIpc) is 3.00. The molecular formula is C14H16N2O2S. The third-order valence-corrected chi connectivity index (χ3v) is 4.52. The Hall–Kier alpha value is -1.62. The minimum absolute atomic E-state index is 0.231. The lowest BCUT2D eigenvalue weighted by atomic mass is 10.1. The molecule has 0 saturated heterocycles. The number of carbonyl (C=O) groups is 1. The average molecular weight is 276 g/mol. The predicted octanol–water partition coefficient (Wildman–Crippen LogP) is 3.40. The summed E-state index contributed by atoms with van der Waals surface area (Å²) in [6.07, 6.45) is 4.06. The summed E-state index contributed by atoms with van der Waals surface area (Å²) < 4.78 is 1.90. The van der Waals surface area contributed by atoms with Gasteiger partial charge in [-0.2, -0.15) is 5.10 Å². The van der Waals surface area contributed by atoms with Crippen LogP contribution in [-0.4, -0.2) is 20.9 Å². The Kier molecular flexibility index (Phi) is 3.14. The van der Waals surface area contributed by atoms with Gasteiger partial charge in [-0.1, -0.05) is 19.8 Å². The zero-order valence-electron chi connectivity index (χ0n) is 10.8. The number of hydrogen-bond donors (Lipinski definition) is 1. The number of unbranched alkanes of at least 4 members (excludes halogenated alkanes) is 2. The predicted molar refractivity (Wildman–Crippen MR) is 74.8 cm³/mol. The van der Waals surface area contributed by atoms with E-state index in [9.17, 15) is 9.90 Å². The Bertz CT molecular complexity index is 627. The van der Waals surface area contributed by atoms with E-state index in [0.29, 0.717) is 6.42 Å².